The minimum Gasteiger partial charge on any atom is -0.361 e. The lowest BCUT2D eigenvalue weighted by atomic mass is 9.81. The Morgan fingerprint density at radius 1 is 1.11 bits per heavy atom. The van der Waals surface area contributed by atoms with Crippen molar-refractivity contribution in [2.75, 3.05) is 21.3 Å². The van der Waals surface area contributed by atoms with E-state index < -0.39 is 11.6 Å². The summed E-state index contributed by atoms with van der Waals surface area (Å²) in [5.41, 5.74) is 2.50. The summed E-state index contributed by atoms with van der Waals surface area (Å²) in [6.07, 6.45) is 0.871. The molecule has 0 saturated heterocycles. The number of hydrogen-bond acceptors (Lipinski definition) is 4. The third kappa shape index (κ3) is 3.47. The highest BCUT2D eigenvalue weighted by Crippen LogP contribution is 2.47. The van der Waals surface area contributed by atoms with Crippen LogP contribution in [0.2, 0.25) is 0 Å². The molecule has 0 bridgehead atoms. The third-order valence-corrected chi connectivity index (χ3v) is 5.15. The number of rotatable bonds is 7. The Morgan fingerprint density at radius 3 is 2.37 bits per heavy atom. The van der Waals surface area contributed by atoms with Crippen LogP contribution in [0.5, 0.6) is 0 Å². The molecule has 5 nitrogen and oxygen atoms in total. The molecule has 1 atom stereocenters. The molecule has 1 heterocycles. The summed E-state index contributed by atoms with van der Waals surface area (Å²) in [5, 5.41) is 0. The molecule has 0 saturated carbocycles. The van der Waals surface area contributed by atoms with Gasteiger partial charge >= 0.3 is 0 Å². The number of benzene rings is 2. The van der Waals surface area contributed by atoms with Gasteiger partial charge in [0.05, 0.1) is 13.2 Å². The molecule has 1 aliphatic rings. The molecule has 0 fully saturated rings. The number of methoxy groups -OCH3 is 3. The van der Waals surface area contributed by atoms with Crippen molar-refractivity contribution in [2.45, 2.75) is 31.0 Å². The first kappa shape index (κ1) is 19.5. The van der Waals surface area contributed by atoms with E-state index in [1.807, 2.05) is 12.1 Å². The molecule has 2 aromatic carbocycles. The van der Waals surface area contributed by atoms with E-state index in [0.29, 0.717) is 25.1 Å². The van der Waals surface area contributed by atoms with Crippen LogP contribution in [0.15, 0.2) is 42.5 Å². The first-order valence-corrected chi connectivity index (χ1v) is 8.59. The highest BCUT2D eigenvalue weighted by Gasteiger charge is 2.44. The molecule has 0 N–H and O–H groups in total. The SMILES string of the molecule is [C-]#[N+]c1ccc2c(c1)COC2(CCC(OC)(OC)OC)c1ccc(F)cc1. The van der Waals surface area contributed by atoms with E-state index in [0.717, 1.165) is 16.7 Å². The second-order valence-corrected chi connectivity index (χ2v) is 6.37. The van der Waals surface area contributed by atoms with Crippen LogP contribution in [0, 0.1) is 12.4 Å². The van der Waals surface area contributed by atoms with E-state index in [1.165, 1.54) is 33.5 Å². The molecule has 2 aromatic rings. The van der Waals surface area contributed by atoms with E-state index >= 15 is 0 Å². The van der Waals surface area contributed by atoms with Gasteiger partial charge in [-0.05, 0) is 35.2 Å². The highest BCUT2D eigenvalue weighted by molar-refractivity contribution is 5.54. The molecule has 0 amide bonds. The van der Waals surface area contributed by atoms with Gasteiger partial charge in [-0.2, -0.15) is 0 Å². The summed E-state index contributed by atoms with van der Waals surface area (Å²) in [6, 6.07) is 11.8. The van der Waals surface area contributed by atoms with Crippen LogP contribution < -0.4 is 0 Å². The summed E-state index contributed by atoms with van der Waals surface area (Å²) in [7, 11) is 4.55. The van der Waals surface area contributed by atoms with Gasteiger partial charge < -0.3 is 18.9 Å². The van der Waals surface area contributed by atoms with Crippen LogP contribution in [-0.4, -0.2) is 27.3 Å². The van der Waals surface area contributed by atoms with Gasteiger partial charge in [0.15, 0.2) is 5.69 Å². The van der Waals surface area contributed by atoms with Crippen molar-refractivity contribution in [2.24, 2.45) is 0 Å². The van der Waals surface area contributed by atoms with Crippen LogP contribution in [0.25, 0.3) is 4.85 Å². The smallest absolute Gasteiger partial charge is 0.282 e. The lowest BCUT2D eigenvalue weighted by Crippen LogP contribution is -2.39. The average molecular weight is 371 g/mol. The minimum absolute atomic E-state index is 0.310. The molecule has 3 rings (SSSR count). The number of hydrogen-bond donors (Lipinski definition) is 0. The zero-order chi connectivity index (χ0) is 19.5. The predicted octanol–water partition coefficient (Wildman–Crippen LogP) is 4.52. The van der Waals surface area contributed by atoms with E-state index in [1.54, 1.807) is 18.2 Å². The summed E-state index contributed by atoms with van der Waals surface area (Å²) < 4.78 is 36.0. The maximum Gasteiger partial charge on any atom is 0.282 e. The molecule has 27 heavy (non-hydrogen) atoms. The molecule has 1 unspecified atom stereocenters. The van der Waals surface area contributed by atoms with Crippen molar-refractivity contribution in [1.29, 1.82) is 0 Å². The van der Waals surface area contributed by atoms with E-state index in [-0.39, 0.29) is 5.82 Å². The van der Waals surface area contributed by atoms with Crippen molar-refractivity contribution in [1.82, 2.24) is 0 Å². The summed E-state index contributed by atoms with van der Waals surface area (Å²) in [6.45, 7) is 7.59. The van der Waals surface area contributed by atoms with E-state index in [9.17, 15) is 4.39 Å². The van der Waals surface area contributed by atoms with Gasteiger partial charge in [-0.3, -0.25) is 0 Å². The first-order valence-electron chi connectivity index (χ1n) is 8.59. The van der Waals surface area contributed by atoms with Crippen molar-refractivity contribution < 1.29 is 23.3 Å². The van der Waals surface area contributed by atoms with Crippen LogP contribution in [0.3, 0.4) is 0 Å². The van der Waals surface area contributed by atoms with Crippen molar-refractivity contribution >= 4 is 5.69 Å². The lowest BCUT2D eigenvalue weighted by Gasteiger charge is -2.35. The zero-order valence-corrected chi connectivity index (χ0v) is 15.6. The second kappa shape index (κ2) is 7.75. The Balaban J connectivity index is 2.05. The van der Waals surface area contributed by atoms with E-state index in [2.05, 4.69) is 4.85 Å². The largest absolute Gasteiger partial charge is 0.361 e. The van der Waals surface area contributed by atoms with Gasteiger partial charge in [0.1, 0.15) is 11.4 Å². The highest BCUT2D eigenvalue weighted by atomic mass is 19.1. The number of ether oxygens (including phenoxy) is 4. The number of fused-ring (bicyclic) bond motifs is 1. The first-order chi connectivity index (χ1) is 13.0. The molecule has 0 radical (unpaired) electrons. The molecule has 6 heteroatoms. The molecule has 142 valence electrons. The van der Waals surface area contributed by atoms with Gasteiger partial charge in [0.25, 0.3) is 5.97 Å². The van der Waals surface area contributed by atoms with Crippen molar-refractivity contribution in [3.63, 3.8) is 0 Å². The van der Waals surface area contributed by atoms with Crippen LogP contribution in [-0.2, 0) is 31.2 Å². The van der Waals surface area contributed by atoms with Gasteiger partial charge in [-0.1, -0.05) is 30.3 Å². The van der Waals surface area contributed by atoms with Gasteiger partial charge in [-0.25, -0.2) is 9.24 Å². The quantitative estimate of drug-likeness (QED) is 0.530. The fraction of sp³-hybridized carbons (Fsp3) is 0.381. The summed E-state index contributed by atoms with van der Waals surface area (Å²) >= 11 is 0. The predicted molar refractivity (Wildman–Crippen MR) is 97.7 cm³/mol. The molecular weight excluding hydrogens is 349 g/mol. The van der Waals surface area contributed by atoms with Gasteiger partial charge in [0.2, 0.25) is 0 Å². The Labute approximate surface area is 158 Å². The summed E-state index contributed by atoms with van der Waals surface area (Å²) in [5.74, 6) is -1.51. The maximum absolute atomic E-state index is 13.5. The maximum atomic E-state index is 13.5. The van der Waals surface area contributed by atoms with E-state index in [4.69, 9.17) is 25.5 Å². The normalized spacial score (nSPS) is 18.9. The standard InChI is InChI=1S/C21H22FNO4/c1-23-18-9-10-19-15(13-18)14-27-20(19,16-5-7-17(22)8-6-16)11-12-21(24-2,25-3)26-4/h5-10,13H,11-12,14H2,2-4H3. The average Bonchev–Trinajstić information content (AvgIpc) is 3.09. The third-order valence-electron chi connectivity index (χ3n) is 5.15. The fourth-order valence-corrected chi connectivity index (χ4v) is 3.64. The fourth-order valence-electron chi connectivity index (χ4n) is 3.64. The van der Waals surface area contributed by atoms with Crippen molar-refractivity contribution in [3.8, 4) is 0 Å². The summed E-state index contributed by atoms with van der Waals surface area (Å²) in [4.78, 5) is 3.49. The van der Waals surface area contributed by atoms with Crippen LogP contribution in [0.4, 0.5) is 10.1 Å². The Kier molecular flexibility index (Phi) is 5.59. The Bertz CT molecular complexity index is 834. The topological polar surface area (TPSA) is 41.3 Å². The molecule has 0 aliphatic carbocycles. The van der Waals surface area contributed by atoms with Crippen LogP contribution >= 0.6 is 0 Å². The van der Waals surface area contributed by atoms with Crippen molar-refractivity contribution in [3.05, 3.63) is 76.4 Å². The second-order valence-electron chi connectivity index (χ2n) is 6.37. The Hall–Kier alpha value is -2.30. The minimum atomic E-state index is -1.20. The lowest BCUT2D eigenvalue weighted by molar-refractivity contribution is -0.357. The van der Waals surface area contributed by atoms with Gasteiger partial charge in [-0.15, -0.1) is 0 Å². The van der Waals surface area contributed by atoms with Crippen LogP contribution in [0.1, 0.15) is 29.5 Å². The molecule has 1 aliphatic heterocycles. The number of halogens is 1. The number of nitrogens with zero attached hydrogens (tertiary/aromatic N) is 1. The van der Waals surface area contributed by atoms with Gasteiger partial charge in [0, 0.05) is 27.8 Å². The molecular formula is C21H22FNO4. The zero-order valence-electron chi connectivity index (χ0n) is 15.6. The Morgan fingerprint density at radius 2 is 1.78 bits per heavy atom. The molecule has 0 aromatic heterocycles. The molecule has 0 spiro atoms. The monoisotopic (exact) mass is 371 g/mol.